The molecular weight excluding hydrogens is 260 g/mol. The third-order valence-electron chi connectivity index (χ3n) is 3.54. The molecule has 110 valence electrons. The Kier molecular flexibility index (Phi) is 4.60. The Bertz CT molecular complexity index is 478. The molecule has 20 heavy (non-hydrogen) atoms. The number of anilines is 1. The number of urea groups is 1. The fourth-order valence-electron chi connectivity index (χ4n) is 2.41. The van der Waals surface area contributed by atoms with Crippen molar-refractivity contribution in [1.82, 2.24) is 15.1 Å². The number of aromatic nitrogens is 2. The highest BCUT2D eigenvalue weighted by molar-refractivity contribution is 5.89. The summed E-state index contributed by atoms with van der Waals surface area (Å²) in [6.45, 7) is 2.01. The van der Waals surface area contributed by atoms with E-state index in [9.17, 15) is 9.59 Å². The van der Waals surface area contributed by atoms with E-state index in [1.807, 2.05) is 0 Å². The third kappa shape index (κ3) is 4.25. The number of rotatable bonds is 4. The van der Waals surface area contributed by atoms with Gasteiger partial charge in [-0.05, 0) is 31.6 Å². The molecule has 7 heteroatoms. The number of nitrogens with zero attached hydrogens (tertiary/aromatic N) is 2. The van der Waals surface area contributed by atoms with Gasteiger partial charge in [-0.1, -0.05) is 6.92 Å². The van der Waals surface area contributed by atoms with Crippen LogP contribution in [0.15, 0.2) is 12.4 Å². The van der Waals surface area contributed by atoms with Crippen molar-refractivity contribution in [3.8, 4) is 0 Å². The second-order valence-corrected chi connectivity index (χ2v) is 5.38. The first-order valence-corrected chi connectivity index (χ1v) is 6.84. The van der Waals surface area contributed by atoms with Crippen LogP contribution in [0.25, 0.3) is 0 Å². The van der Waals surface area contributed by atoms with E-state index in [0.29, 0.717) is 5.69 Å². The SMILES string of the molecule is CC1CCC(NC(=O)Nc2cnn(CC(=O)O)c2)CC1. The first kappa shape index (κ1) is 14.4. The Morgan fingerprint density at radius 2 is 2.10 bits per heavy atom. The van der Waals surface area contributed by atoms with Crippen molar-refractivity contribution in [3.05, 3.63) is 12.4 Å². The number of aliphatic carboxylic acids is 1. The lowest BCUT2D eigenvalue weighted by atomic mass is 9.87. The normalized spacial score (nSPS) is 22.2. The molecule has 1 saturated carbocycles. The maximum absolute atomic E-state index is 11.8. The van der Waals surface area contributed by atoms with Crippen LogP contribution in [-0.4, -0.2) is 32.9 Å². The Morgan fingerprint density at radius 3 is 2.75 bits per heavy atom. The van der Waals surface area contributed by atoms with E-state index in [4.69, 9.17) is 5.11 Å². The van der Waals surface area contributed by atoms with Crippen LogP contribution in [0.3, 0.4) is 0 Å². The fourth-order valence-corrected chi connectivity index (χ4v) is 2.41. The average molecular weight is 280 g/mol. The van der Waals surface area contributed by atoms with Crippen LogP contribution in [0.5, 0.6) is 0 Å². The molecule has 0 saturated heterocycles. The average Bonchev–Trinajstić information content (AvgIpc) is 2.78. The number of carboxylic acids is 1. The number of hydrogen-bond acceptors (Lipinski definition) is 3. The van der Waals surface area contributed by atoms with Gasteiger partial charge in [0.25, 0.3) is 0 Å². The number of carboxylic acid groups (broad SMARTS) is 1. The molecule has 0 spiro atoms. The lowest BCUT2D eigenvalue weighted by Crippen LogP contribution is -2.39. The summed E-state index contributed by atoms with van der Waals surface area (Å²) in [6, 6.07) is -0.0420. The third-order valence-corrected chi connectivity index (χ3v) is 3.54. The number of carbonyl (C=O) groups is 2. The molecule has 0 aromatic carbocycles. The van der Waals surface area contributed by atoms with Gasteiger partial charge < -0.3 is 15.7 Å². The van der Waals surface area contributed by atoms with Gasteiger partial charge in [-0.25, -0.2) is 4.79 Å². The highest BCUT2D eigenvalue weighted by Gasteiger charge is 2.19. The van der Waals surface area contributed by atoms with E-state index in [1.165, 1.54) is 17.1 Å². The van der Waals surface area contributed by atoms with Crippen LogP contribution in [0.2, 0.25) is 0 Å². The van der Waals surface area contributed by atoms with Crippen LogP contribution in [0.1, 0.15) is 32.6 Å². The van der Waals surface area contributed by atoms with Gasteiger partial charge in [0.05, 0.1) is 11.9 Å². The Balaban J connectivity index is 1.79. The minimum atomic E-state index is -0.972. The van der Waals surface area contributed by atoms with Crippen LogP contribution in [-0.2, 0) is 11.3 Å². The van der Waals surface area contributed by atoms with Crippen LogP contribution >= 0.6 is 0 Å². The van der Waals surface area contributed by atoms with Crippen molar-refractivity contribution >= 4 is 17.7 Å². The van der Waals surface area contributed by atoms with E-state index in [2.05, 4.69) is 22.7 Å². The van der Waals surface area contributed by atoms with E-state index in [1.54, 1.807) is 0 Å². The zero-order valence-corrected chi connectivity index (χ0v) is 11.5. The molecule has 2 amide bonds. The molecule has 1 aromatic heterocycles. The zero-order chi connectivity index (χ0) is 14.5. The molecule has 1 aliphatic carbocycles. The van der Waals surface area contributed by atoms with Crippen molar-refractivity contribution in [2.24, 2.45) is 5.92 Å². The highest BCUT2D eigenvalue weighted by atomic mass is 16.4. The summed E-state index contributed by atoms with van der Waals surface area (Å²) in [4.78, 5) is 22.3. The number of carbonyl (C=O) groups excluding carboxylic acids is 1. The molecule has 1 aliphatic rings. The van der Waals surface area contributed by atoms with Crippen molar-refractivity contribution in [2.45, 2.75) is 45.2 Å². The predicted molar refractivity (Wildman–Crippen MR) is 73.4 cm³/mol. The van der Waals surface area contributed by atoms with Crippen LogP contribution in [0, 0.1) is 5.92 Å². The minimum absolute atomic E-state index is 0.218. The number of amides is 2. The largest absolute Gasteiger partial charge is 0.480 e. The Hall–Kier alpha value is -2.05. The molecular formula is C13H20N4O3. The Morgan fingerprint density at radius 1 is 1.40 bits per heavy atom. The summed E-state index contributed by atoms with van der Waals surface area (Å²) in [5.74, 6) is -0.231. The molecule has 0 bridgehead atoms. The lowest BCUT2D eigenvalue weighted by molar-refractivity contribution is -0.137. The van der Waals surface area contributed by atoms with Gasteiger partial charge in [0, 0.05) is 12.2 Å². The number of nitrogens with one attached hydrogen (secondary N) is 2. The standard InChI is InChI=1S/C13H20N4O3/c1-9-2-4-10(5-3-9)15-13(20)16-11-6-14-17(7-11)8-12(18)19/h6-7,9-10H,2-5,8H2,1H3,(H,18,19)(H2,15,16,20). The summed E-state index contributed by atoms with van der Waals surface area (Å²) >= 11 is 0. The molecule has 0 aliphatic heterocycles. The van der Waals surface area contributed by atoms with E-state index in [-0.39, 0.29) is 18.6 Å². The molecule has 1 fully saturated rings. The topological polar surface area (TPSA) is 96.3 Å². The van der Waals surface area contributed by atoms with Gasteiger partial charge in [0.1, 0.15) is 6.54 Å². The van der Waals surface area contributed by atoms with Gasteiger partial charge in [0.15, 0.2) is 0 Å². The molecule has 0 unspecified atom stereocenters. The smallest absolute Gasteiger partial charge is 0.325 e. The fraction of sp³-hybridized carbons (Fsp3) is 0.615. The minimum Gasteiger partial charge on any atom is -0.480 e. The maximum Gasteiger partial charge on any atom is 0.325 e. The summed E-state index contributed by atoms with van der Waals surface area (Å²) < 4.78 is 1.26. The van der Waals surface area contributed by atoms with Crippen molar-refractivity contribution in [3.63, 3.8) is 0 Å². The van der Waals surface area contributed by atoms with Crippen LogP contribution in [0.4, 0.5) is 10.5 Å². The molecule has 0 atom stereocenters. The van der Waals surface area contributed by atoms with Gasteiger partial charge in [-0.15, -0.1) is 0 Å². The zero-order valence-electron chi connectivity index (χ0n) is 11.5. The lowest BCUT2D eigenvalue weighted by Gasteiger charge is -2.26. The molecule has 1 heterocycles. The quantitative estimate of drug-likeness (QED) is 0.781. The first-order chi connectivity index (χ1) is 9.52. The summed E-state index contributed by atoms with van der Waals surface area (Å²) in [7, 11) is 0. The van der Waals surface area contributed by atoms with E-state index < -0.39 is 5.97 Å². The van der Waals surface area contributed by atoms with Gasteiger partial charge in [-0.2, -0.15) is 5.10 Å². The maximum atomic E-state index is 11.8. The molecule has 0 radical (unpaired) electrons. The summed E-state index contributed by atoms with van der Waals surface area (Å²) in [5.41, 5.74) is 0.493. The van der Waals surface area contributed by atoms with Gasteiger partial charge >= 0.3 is 12.0 Å². The molecule has 7 nitrogen and oxygen atoms in total. The second kappa shape index (κ2) is 6.40. The van der Waals surface area contributed by atoms with E-state index in [0.717, 1.165) is 31.6 Å². The molecule has 1 aromatic rings. The predicted octanol–water partition coefficient (Wildman–Crippen LogP) is 1.67. The van der Waals surface area contributed by atoms with Crippen LogP contribution < -0.4 is 10.6 Å². The first-order valence-electron chi connectivity index (χ1n) is 6.84. The van der Waals surface area contributed by atoms with Crippen molar-refractivity contribution < 1.29 is 14.7 Å². The van der Waals surface area contributed by atoms with Gasteiger partial charge in [-0.3, -0.25) is 9.48 Å². The van der Waals surface area contributed by atoms with Gasteiger partial charge in [0.2, 0.25) is 0 Å². The van der Waals surface area contributed by atoms with Crippen molar-refractivity contribution in [2.75, 3.05) is 5.32 Å². The van der Waals surface area contributed by atoms with Crippen molar-refractivity contribution in [1.29, 1.82) is 0 Å². The summed E-state index contributed by atoms with van der Waals surface area (Å²) in [5, 5.41) is 18.1. The Labute approximate surface area is 117 Å². The summed E-state index contributed by atoms with van der Waals surface area (Å²) in [6.07, 6.45) is 7.23. The monoisotopic (exact) mass is 280 g/mol. The molecule has 3 N–H and O–H groups in total. The number of hydrogen-bond donors (Lipinski definition) is 3. The molecule has 2 rings (SSSR count). The second-order valence-electron chi connectivity index (χ2n) is 5.38. The van der Waals surface area contributed by atoms with E-state index >= 15 is 0 Å². The highest BCUT2D eigenvalue weighted by Crippen LogP contribution is 2.23.